The molecule has 0 N–H and O–H groups in total. The Bertz CT molecular complexity index is 418. The van der Waals surface area contributed by atoms with Gasteiger partial charge in [-0.3, -0.25) is 0 Å². The Hall–Kier alpha value is -0.980. The van der Waals surface area contributed by atoms with Gasteiger partial charge in [0.25, 0.3) is 0 Å². The van der Waals surface area contributed by atoms with E-state index in [-0.39, 0.29) is 10.8 Å². The van der Waals surface area contributed by atoms with Gasteiger partial charge in [0, 0.05) is 0 Å². The molecule has 0 heterocycles. The highest BCUT2D eigenvalue weighted by Crippen LogP contribution is 2.35. The monoisotopic (exact) mass is 276 g/mol. The van der Waals surface area contributed by atoms with Gasteiger partial charge in [0.2, 0.25) is 0 Å². The number of benzene rings is 1. The maximum absolute atomic E-state index is 6.03. The molecular formula is C19H32O. The average Bonchev–Trinajstić information content (AvgIpc) is 2.32. The minimum Gasteiger partial charge on any atom is -0.493 e. The Morgan fingerprint density at radius 1 is 0.900 bits per heavy atom. The van der Waals surface area contributed by atoms with E-state index < -0.39 is 0 Å². The first-order valence-electron chi connectivity index (χ1n) is 7.94. The van der Waals surface area contributed by atoms with E-state index in [4.69, 9.17) is 4.74 Å². The van der Waals surface area contributed by atoms with Crippen LogP contribution in [-0.2, 0) is 10.8 Å². The van der Waals surface area contributed by atoms with Crippen molar-refractivity contribution in [1.82, 2.24) is 0 Å². The highest BCUT2D eigenvalue weighted by molar-refractivity contribution is 5.43. The predicted molar refractivity (Wildman–Crippen MR) is 88.9 cm³/mol. The predicted octanol–water partition coefficient (Wildman–Crippen LogP) is 5.85. The van der Waals surface area contributed by atoms with Crippen LogP contribution in [0.3, 0.4) is 0 Å². The van der Waals surface area contributed by atoms with Crippen LogP contribution in [0.4, 0.5) is 0 Å². The summed E-state index contributed by atoms with van der Waals surface area (Å²) in [6.45, 7) is 16.6. The van der Waals surface area contributed by atoms with E-state index in [0.717, 1.165) is 18.8 Å². The van der Waals surface area contributed by atoms with Gasteiger partial charge in [-0.15, -0.1) is 0 Å². The average molecular weight is 276 g/mol. The Balaban J connectivity index is 2.99. The van der Waals surface area contributed by atoms with Crippen molar-refractivity contribution in [3.8, 4) is 5.75 Å². The smallest absolute Gasteiger partial charge is 0.123 e. The van der Waals surface area contributed by atoms with E-state index in [1.54, 1.807) is 0 Å². The third-order valence-electron chi connectivity index (χ3n) is 3.66. The largest absolute Gasteiger partial charge is 0.493 e. The molecule has 0 amide bonds. The van der Waals surface area contributed by atoms with E-state index in [2.05, 4.69) is 66.7 Å². The van der Waals surface area contributed by atoms with Crippen molar-refractivity contribution in [3.05, 3.63) is 29.3 Å². The fraction of sp³-hybridized carbons (Fsp3) is 0.684. The van der Waals surface area contributed by atoms with Gasteiger partial charge in [0.15, 0.2) is 0 Å². The van der Waals surface area contributed by atoms with Crippen molar-refractivity contribution in [2.45, 2.75) is 78.6 Å². The first-order chi connectivity index (χ1) is 9.16. The zero-order valence-electron chi connectivity index (χ0n) is 14.5. The summed E-state index contributed by atoms with van der Waals surface area (Å²) in [7, 11) is 0. The highest BCUT2D eigenvalue weighted by atomic mass is 16.5. The summed E-state index contributed by atoms with van der Waals surface area (Å²) in [6.07, 6.45) is 3.62. The molecule has 0 saturated carbocycles. The van der Waals surface area contributed by atoms with Gasteiger partial charge in [0.05, 0.1) is 6.61 Å². The molecule has 0 fully saturated rings. The van der Waals surface area contributed by atoms with Gasteiger partial charge < -0.3 is 4.74 Å². The molecule has 20 heavy (non-hydrogen) atoms. The molecule has 0 aliphatic carbocycles. The molecule has 0 spiro atoms. The van der Waals surface area contributed by atoms with Crippen molar-refractivity contribution >= 4 is 0 Å². The molecule has 0 aliphatic heterocycles. The van der Waals surface area contributed by atoms with Gasteiger partial charge in [-0.2, -0.15) is 0 Å². The minimum absolute atomic E-state index is 0.112. The first-order valence-corrected chi connectivity index (χ1v) is 7.94. The molecule has 0 unspecified atom stereocenters. The normalized spacial score (nSPS) is 12.6. The summed E-state index contributed by atoms with van der Waals surface area (Å²) in [5.41, 5.74) is 2.99. The zero-order valence-corrected chi connectivity index (χ0v) is 14.5. The van der Waals surface area contributed by atoms with Crippen LogP contribution in [0.5, 0.6) is 5.75 Å². The zero-order chi connectivity index (χ0) is 15.4. The summed E-state index contributed by atoms with van der Waals surface area (Å²) >= 11 is 0. The lowest BCUT2D eigenvalue weighted by Gasteiger charge is -2.27. The molecule has 1 rings (SSSR count). The van der Waals surface area contributed by atoms with Crippen molar-refractivity contribution in [1.29, 1.82) is 0 Å². The topological polar surface area (TPSA) is 9.23 Å². The Kier molecular flexibility index (Phi) is 5.68. The van der Waals surface area contributed by atoms with Crippen molar-refractivity contribution < 1.29 is 4.74 Å². The summed E-state index contributed by atoms with van der Waals surface area (Å²) in [5, 5.41) is 0. The maximum Gasteiger partial charge on any atom is 0.123 e. The molecule has 0 radical (unpaired) electrons. The van der Waals surface area contributed by atoms with Gasteiger partial charge in [-0.1, -0.05) is 73.4 Å². The molecular weight excluding hydrogens is 244 g/mol. The summed E-state index contributed by atoms with van der Waals surface area (Å²) < 4.78 is 6.03. The molecule has 0 aliphatic rings. The summed E-state index contributed by atoms with van der Waals surface area (Å²) in [6, 6.07) is 6.70. The number of unbranched alkanes of at least 4 members (excludes halogenated alkanes) is 2. The van der Waals surface area contributed by atoms with E-state index in [9.17, 15) is 0 Å². The van der Waals surface area contributed by atoms with Crippen LogP contribution in [0.25, 0.3) is 0 Å². The molecule has 1 aromatic rings. The van der Waals surface area contributed by atoms with Crippen molar-refractivity contribution in [2.75, 3.05) is 6.61 Å². The molecule has 0 aromatic heterocycles. The number of ether oxygens (including phenoxy) is 1. The highest BCUT2D eigenvalue weighted by Gasteiger charge is 2.22. The standard InChI is InChI=1S/C19H32O/c1-8-9-10-13-20-17-12-11-15(18(2,3)4)14-16(17)19(5,6)7/h11-12,14H,8-10,13H2,1-7H3. The van der Waals surface area contributed by atoms with Crippen molar-refractivity contribution in [3.63, 3.8) is 0 Å². The molecule has 0 saturated heterocycles. The third-order valence-corrected chi connectivity index (χ3v) is 3.66. The Labute approximate surface area is 125 Å². The lowest BCUT2D eigenvalue weighted by atomic mass is 9.80. The first kappa shape index (κ1) is 17.1. The van der Waals surface area contributed by atoms with Crippen LogP contribution < -0.4 is 4.74 Å². The summed E-state index contributed by atoms with van der Waals surface area (Å²) in [4.78, 5) is 0. The Morgan fingerprint density at radius 3 is 2.05 bits per heavy atom. The fourth-order valence-corrected chi connectivity index (χ4v) is 2.24. The molecule has 114 valence electrons. The van der Waals surface area contributed by atoms with Crippen LogP contribution >= 0.6 is 0 Å². The number of hydrogen-bond acceptors (Lipinski definition) is 1. The number of hydrogen-bond donors (Lipinski definition) is 0. The van der Waals surface area contributed by atoms with Gasteiger partial charge in [0.1, 0.15) is 5.75 Å². The Morgan fingerprint density at radius 2 is 1.55 bits per heavy atom. The van der Waals surface area contributed by atoms with Crippen LogP contribution in [0.1, 0.15) is 78.9 Å². The van der Waals surface area contributed by atoms with E-state index in [1.165, 1.54) is 24.0 Å². The van der Waals surface area contributed by atoms with Gasteiger partial charge in [-0.25, -0.2) is 0 Å². The van der Waals surface area contributed by atoms with E-state index >= 15 is 0 Å². The van der Waals surface area contributed by atoms with E-state index in [1.807, 2.05) is 0 Å². The number of rotatable bonds is 5. The van der Waals surface area contributed by atoms with Crippen LogP contribution in [-0.4, -0.2) is 6.61 Å². The minimum atomic E-state index is 0.112. The summed E-state index contributed by atoms with van der Waals surface area (Å²) in [5.74, 6) is 1.06. The van der Waals surface area contributed by atoms with Crippen LogP contribution in [0.15, 0.2) is 18.2 Å². The second kappa shape index (κ2) is 6.65. The SMILES string of the molecule is CCCCCOc1ccc(C(C)(C)C)cc1C(C)(C)C. The second-order valence-corrected chi connectivity index (χ2v) is 7.77. The second-order valence-electron chi connectivity index (χ2n) is 7.77. The lowest BCUT2D eigenvalue weighted by molar-refractivity contribution is 0.298. The fourth-order valence-electron chi connectivity index (χ4n) is 2.24. The molecule has 1 heteroatoms. The van der Waals surface area contributed by atoms with Gasteiger partial charge in [-0.05, 0) is 34.4 Å². The quantitative estimate of drug-likeness (QED) is 0.613. The molecule has 0 bridgehead atoms. The molecule has 0 atom stereocenters. The van der Waals surface area contributed by atoms with Crippen molar-refractivity contribution in [2.24, 2.45) is 0 Å². The molecule has 1 aromatic carbocycles. The van der Waals surface area contributed by atoms with Gasteiger partial charge >= 0.3 is 0 Å². The lowest BCUT2D eigenvalue weighted by Crippen LogP contribution is -2.17. The van der Waals surface area contributed by atoms with Crippen LogP contribution in [0.2, 0.25) is 0 Å². The maximum atomic E-state index is 6.03. The van der Waals surface area contributed by atoms with Crippen LogP contribution in [0, 0.1) is 0 Å². The van der Waals surface area contributed by atoms with E-state index in [0.29, 0.717) is 0 Å². The molecule has 1 nitrogen and oxygen atoms in total. The third kappa shape index (κ3) is 4.85.